The molecular formula is C16H13ClF3NO3S. The number of carbonyl (C=O) groups excluding carboxylic acids is 1. The van der Waals surface area contributed by atoms with Crippen LogP contribution in [-0.4, -0.2) is 39.2 Å². The monoisotopic (exact) mass is 391 g/mol. The van der Waals surface area contributed by atoms with Crippen LogP contribution in [0.5, 0.6) is 0 Å². The Morgan fingerprint density at radius 1 is 1.28 bits per heavy atom. The SMILES string of the molecule is CS(=O)(=O)c1ccc2ccc3c(c2c1)C(CCl)CN3C(=O)C(F)(F)F. The van der Waals surface area contributed by atoms with Crippen LogP contribution < -0.4 is 4.90 Å². The second kappa shape index (κ2) is 5.88. The van der Waals surface area contributed by atoms with Crippen molar-refractivity contribution in [1.29, 1.82) is 0 Å². The molecule has 0 saturated carbocycles. The Kier molecular flexibility index (Phi) is 4.23. The van der Waals surface area contributed by atoms with Gasteiger partial charge in [0.25, 0.3) is 0 Å². The topological polar surface area (TPSA) is 54.5 Å². The van der Waals surface area contributed by atoms with E-state index in [1.54, 1.807) is 12.1 Å². The van der Waals surface area contributed by atoms with Crippen molar-refractivity contribution in [2.75, 3.05) is 23.6 Å². The van der Waals surface area contributed by atoms with Crippen LogP contribution >= 0.6 is 11.6 Å². The maximum absolute atomic E-state index is 12.9. The zero-order chi connectivity index (χ0) is 18.6. The summed E-state index contributed by atoms with van der Waals surface area (Å²) in [4.78, 5) is 12.4. The first kappa shape index (κ1) is 18.0. The summed E-state index contributed by atoms with van der Waals surface area (Å²) in [6.45, 7) is -0.195. The van der Waals surface area contributed by atoms with Crippen LogP contribution in [0, 0.1) is 0 Å². The summed E-state index contributed by atoms with van der Waals surface area (Å²) in [6.07, 6.45) is -3.95. The fourth-order valence-electron chi connectivity index (χ4n) is 3.09. The summed E-state index contributed by atoms with van der Waals surface area (Å²) >= 11 is 5.91. The Bertz CT molecular complexity index is 972. The zero-order valence-electron chi connectivity index (χ0n) is 13.0. The summed E-state index contributed by atoms with van der Waals surface area (Å²) in [5, 5.41) is 1.16. The molecule has 2 aromatic carbocycles. The van der Waals surface area contributed by atoms with Crippen LogP contribution in [0.25, 0.3) is 10.8 Å². The number of carbonyl (C=O) groups is 1. The molecule has 0 N–H and O–H groups in total. The molecule has 0 aliphatic carbocycles. The summed E-state index contributed by atoms with van der Waals surface area (Å²) in [7, 11) is -3.48. The minimum atomic E-state index is -5.00. The molecule has 1 aliphatic rings. The van der Waals surface area contributed by atoms with Gasteiger partial charge in [0.1, 0.15) is 0 Å². The standard InChI is InChI=1S/C16H13ClF3NO3S/c1-25(23,24)11-4-2-9-3-5-13-14(12(9)6-11)10(7-17)8-21(13)15(22)16(18,19)20/h2-6,10H,7-8H2,1H3. The summed E-state index contributed by atoms with van der Waals surface area (Å²) in [6, 6.07) is 7.45. The van der Waals surface area contributed by atoms with Crippen LogP contribution in [0.15, 0.2) is 35.2 Å². The highest BCUT2D eigenvalue weighted by Gasteiger charge is 2.46. The van der Waals surface area contributed by atoms with Crippen molar-refractivity contribution in [2.45, 2.75) is 17.0 Å². The molecule has 0 saturated heterocycles. The molecule has 0 spiro atoms. The van der Waals surface area contributed by atoms with Gasteiger partial charge in [0.15, 0.2) is 9.84 Å². The third-order valence-corrected chi connectivity index (χ3v) is 5.70. The fraction of sp³-hybridized carbons (Fsp3) is 0.312. The largest absolute Gasteiger partial charge is 0.471 e. The molecule has 0 fully saturated rings. The molecule has 25 heavy (non-hydrogen) atoms. The van der Waals surface area contributed by atoms with Crippen molar-refractivity contribution in [3.63, 3.8) is 0 Å². The minimum absolute atomic E-state index is 0.0108. The Morgan fingerprint density at radius 3 is 2.48 bits per heavy atom. The fourth-order valence-corrected chi connectivity index (χ4v) is 3.99. The Morgan fingerprint density at radius 2 is 1.92 bits per heavy atom. The number of amides is 1. The first-order chi connectivity index (χ1) is 11.5. The molecule has 1 aliphatic heterocycles. The molecule has 134 valence electrons. The lowest BCUT2D eigenvalue weighted by Crippen LogP contribution is -2.40. The highest BCUT2D eigenvalue weighted by molar-refractivity contribution is 7.90. The van der Waals surface area contributed by atoms with Crippen molar-refractivity contribution in [3.8, 4) is 0 Å². The molecule has 3 rings (SSSR count). The van der Waals surface area contributed by atoms with E-state index in [2.05, 4.69) is 0 Å². The van der Waals surface area contributed by atoms with E-state index in [0.29, 0.717) is 21.2 Å². The number of sulfone groups is 1. The zero-order valence-corrected chi connectivity index (χ0v) is 14.5. The number of halogens is 4. The molecular weight excluding hydrogens is 379 g/mol. The maximum atomic E-state index is 12.9. The Balaban J connectivity index is 2.26. The van der Waals surface area contributed by atoms with Gasteiger partial charge in [0.05, 0.1) is 4.90 Å². The maximum Gasteiger partial charge on any atom is 0.471 e. The molecule has 1 heterocycles. The number of hydrogen-bond acceptors (Lipinski definition) is 3. The van der Waals surface area contributed by atoms with Gasteiger partial charge in [-0.15, -0.1) is 11.6 Å². The highest BCUT2D eigenvalue weighted by Crippen LogP contribution is 2.43. The van der Waals surface area contributed by atoms with E-state index in [4.69, 9.17) is 11.6 Å². The molecule has 1 amide bonds. The van der Waals surface area contributed by atoms with Crippen molar-refractivity contribution < 1.29 is 26.4 Å². The van der Waals surface area contributed by atoms with Gasteiger partial charge in [0, 0.05) is 30.3 Å². The van der Waals surface area contributed by atoms with Gasteiger partial charge in [-0.2, -0.15) is 13.2 Å². The quantitative estimate of drug-likeness (QED) is 0.736. The predicted octanol–water partition coefficient (Wildman–Crippen LogP) is 3.47. The van der Waals surface area contributed by atoms with Gasteiger partial charge in [0.2, 0.25) is 0 Å². The lowest BCUT2D eigenvalue weighted by molar-refractivity contribution is -0.170. The highest BCUT2D eigenvalue weighted by atomic mass is 35.5. The smallest absolute Gasteiger partial charge is 0.304 e. The van der Waals surface area contributed by atoms with Gasteiger partial charge >= 0.3 is 12.1 Å². The second-order valence-corrected chi connectivity index (χ2v) is 8.24. The van der Waals surface area contributed by atoms with E-state index in [0.717, 1.165) is 6.26 Å². The number of nitrogens with zero attached hydrogens (tertiary/aromatic N) is 1. The van der Waals surface area contributed by atoms with Crippen LogP contribution in [0.3, 0.4) is 0 Å². The van der Waals surface area contributed by atoms with E-state index >= 15 is 0 Å². The van der Waals surface area contributed by atoms with Crippen molar-refractivity contribution in [3.05, 3.63) is 35.9 Å². The number of alkyl halides is 4. The van der Waals surface area contributed by atoms with Crippen LogP contribution in [0.1, 0.15) is 11.5 Å². The minimum Gasteiger partial charge on any atom is -0.304 e. The van der Waals surface area contributed by atoms with Crippen LogP contribution in [0.4, 0.5) is 18.9 Å². The van der Waals surface area contributed by atoms with E-state index in [-0.39, 0.29) is 23.0 Å². The van der Waals surface area contributed by atoms with Crippen molar-refractivity contribution in [2.24, 2.45) is 0 Å². The van der Waals surface area contributed by atoms with Gasteiger partial charge in [-0.3, -0.25) is 4.79 Å². The molecule has 1 atom stereocenters. The molecule has 2 aromatic rings. The molecule has 9 heteroatoms. The summed E-state index contributed by atoms with van der Waals surface area (Å²) in [5.74, 6) is -2.46. The molecule has 1 unspecified atom stereocenters. The third kappa shape index (κ3) is 3.08. The lowest BCUT2D eigenvalue weighted by Gasteiger charge is -2.19. The summed E-state index contributed by atoms with van der Waals surface area (Å²) < 4.78 is 62.2. The number of anilines is 1. The first-order valence-electron chi connectivity index (χ1n) is 7.25. The molecule has 0 radical (unpaired) electrons. The van der Waals surface area contributed by atoms with Crippen molar-refractivity contribution >= 4 is 43.8 Å². The Hall–Kier alpha value is -1.80. The van der Waals surface area contributed by atoms with Gasteiger partial charge in [-0.05, 0) is 34.5 Å². The lowest BCUT2D eigenvalue weighted by atomic mass is 9.96. The van der Waals surface area contributed by atoms with Crippen LogP contribution in [0.2, 0.25) is 0 Å². The average molecular weight is 392 g/mol. The normalized spacial score (nSPS) is 17.8. The second-order valence-electron chi connectivity index (χ2n) is 5.92. The van der Waals surface area contributed by atoms with E-state index in [1.165, 1.54) is 18.2 Å². The summed E-state index contributed by atoms with van der Waals surface area (Å²) in [5.41, 5.74) is 0.585. The van der Waals surface area contributed by atoms with Crippen molar-refractivity contribution in [1.82, 2.24) is 0 Å². The molecule has 4 nitrogen and oxygen atoms in total. The van der Waals surface area contributed by atoms with E-state index < -0.39 is 27.8 Å². The average Bonchev–Trinajstić information content (AvgIpc) is 2.90. The van der Waals surface area contributed by atoms with Crippen LogP contribution in [-0.2, 0) is 14.6 Å². The number of benzene rings is 2. The van der Waals surface area contributed by atoms with Gasteiger partial charge in [-0.25, -0.2) is 8.42 Å². The van der Waals surface area contributed by atoms with E-state index in [1.807, 2.05) is 0 Å². The first-order valence-corrected chi connectivity index (χ1v) is 9.68. The van der Waals surface area contributed by atoms with Gasteiger partial charge < -0.3 is 4.90 Å². The predicted molar refractivity (Wildman–Crippen MR) is 88.9 cm³/mol. The number of hydrogen-bond donors (Lipinski definition) is 0. The molecule has 0 aromatic heterocycles. The Labute approximate surface area is 147 Å². The van der Waals surface area contributed by atoms with E-state index in [9.17, 15) is 26.4 Å². The number of rotatable bonds is 2. The molecule has 0 bridgehead atoms. The van der Waals surface area contributed by atoms with Gasteiger partial charge in [-0.1, -0.05) is 12.1 Å². The number of fused-ring (bicyclic) bond motifs is 3. The third-order valence-electron chi connectivity index (χ3n) is 4.22.